The maximum atomic E-state index is 12.7. The summed E-state index contributed by atoms with van der Waals surface area (Å²) in [7, 11) is 0. The van der Waals surface area contributed by atoms with Crippen LogP contribution in [0.4, 0.5) is 4.79 Å². The topological polar surface area (TPSA) is 64.0 Å². The van der Waals surface area contributed by atoms with Crippen LogP contribution in [0.2, 0.25) is 0 Å². The minimum Gasteiger partial charge on any atom is -0.391 e. The number of amides is 2. The molecule has 5 heteroatoms. The van der Waals surface area contributed by atoms with E-state index in [0.29, 0.717) is 30.3 Å². The van der Waals surface area contributed by atoms with Gasteiger partial charge >= 0.3 is 6.03 Å². The molecular formula is C16H24N2O3. The second-order valence-corrected chi connectivity index (χ2v) is 8.32. The summed E-state index contributed by atoms with van der Waals surface area (Å²) in [5.74, 6) is 1.67. The lowest BCUT2D eigenvalue weighted by atomic mass is 9.52. The van der Waals surface area contributed by atoms with Crippen LogP contribution >= 0.6 is 0 Å². The van der Waals surface area contributed by atoms with Crippen LogP contribution in [0, 0.1) is 17.8 Å². The molecule has 0 aromatic heterocycles. The first-order valence-corrected chi connectivity index (χ1v) is 8.50. The van der Waals surface area contributed by atoms with E-state index in [1.165, 1.54) is 12.8 Å². The summed E-state index contributed by atoms with van der Waals surface area (Å²) in [5, 5.41) is 20.4. The standard InChI is InChI=1S/C16H24N2O3/c19-13-3-12-7-18(15(20)17(12)8-13)14-10-1-9-2-11(14)6-16(21,4-9)5-10/h9-14,19,21H,1-8H2/t9?,10?,11?,12-,13+,14?,16?/m0/s1. The molecule has 21 heavy (non-hydrogen) atoms. The van der Waals surface area contributed by atoms with Crippen LogP contribution in [0.3, 0.4) is 0 Å². The average molecular weight is 292 g/mol. The lowest BCUT2D eigenvalue weighted by Gasteiger charge is -2.59. The lowest BCUT2D eigenvalue weighted by Crippen LogP contribution is -2.62. The molecule has 4 aliphatic carbocycles. The molecule has 116 valence electrons. The number of fused-ring (bicyclic) bond motifs is 1. The van der Waals surface area contributed by atoms with Crippen LogP contribution in [-0.2, 0) is 0 Å². The van der Waals surface area contributed by atoms with Crippen molar-refractivity contribution in [3.8, 4) is 0 Å². The van der Waals surface area contributed by atoms with Gasteiger partial charge in [0.2, 0.25) is 0 Å². The molecule has 2 N–H and O–H groups in total. The third-order valence-electron chi connectivity index (χ3n) is 6.84. The highest BCUT2D eigenvalue weighted by Crippen LogP contribution is 2.57. The quantitative estimate of drug-likeness (QED) is 0.751. The predicted molar refractivity (Wildman–Crippen MR) is 75.5 cm³/mol. The van der Waals surface area contributed by atoms with Gasteiger partial charge in [-0.05, 0) is 56.3 Å². The largest absolute Gasteiger partial charge is 0.391 e. The van der Waals surface area contributed by atoms with Gasteiger partial charge in [-0.1, -0.05) is 0 Å². The van der Waals surface area contributed by atoms with Gasteiger partial charge in [0.25, 0.3) is 0 Å². The third-order valence-corrected chi connectivity index (χ3v) is 6.84. The zero-order valence-corrected chi connectivity index (χ0v) is 12.3. The van der Waals surface area contributed by atoms with Crippen LogP contribution in [0.15, 0.2) is 0 Å². The fourth-order valence-corrected chi connectivity index (χ4v) is 6.48. The second-order valence-electron chi connectivity index (χ2n) is 8.32. The highest BCUT2D eigenvalue weighted by atomic mass is 16.3. The van der Waals surface area contributed by atoms with E-state index in [2.05, 4.69) is 4.90 Å². The summed E-state index contributed by atoms with van der Waals surface area (Å²) in [6, 6.07) is 0.700. The van der Waals surface area contributed by atoms with Gasteiger partial charge in [-0.3, -0.25) is 0 Å². The van der Waals surface area contributed by atoms with Crippen LogP contribution in [0.1, 0.15) is 38.5 Å². The summed E-state index contributed by atoms with van der Waals surface area (Å²) in [6.45, 7) is 1.30. The number of aliphatic hydroxyl groups excluding tert-OH is 1. The van der Waals surface area contributed by atoms with Gasteiger partial charge in [0.15, 0.2) is 0 Å². The van der Waals surface area contributed by atoms with E-state index in [0.717, 1.165) is 32.2 Å². The Morgan fingerprint density at radius 1 is 1.00 bits per heavy atom. The Balaban J connectivity index is 1.41. The normalized spacial score (nSPS) is 54.7. The van der Waals surface area contributed by atoms with Gasteiger partial charge in [0.05, 0.1) is 17.7 Å². The molecule has 2 heterocycles. The predicted octanol–water partition coefficient (Wildman–Crippen LogP) is 0.797. The minimum atomic E-state index is -0.428. The Morgan fingerprint density at radius 2 is 1.71 bits per heavy atom. The summed E-state index contributed by atoms with van der Waals surface area (Å²) >= 11 is 0. The Bertz CT molecular complexity index is 480. The Hall–Kier alpha value is -0.810. The van der Waals surface area contributed by atoms with Crippen LogP contribution in [0.25, 0.3) is 0 Å². The molecule has 2 saturated heterocycles. The van der Waals surface area contributed by atoms with Gasteiger partial charge in [-0.15, -0.1) is 0 Å². The van der Waals surface area contributed by atoms with Crippen molar-refractivity contribution in [2.24, 2.45) is 17.8 Å². The SMILES string of the molecule is O=C1N(C2C3CC4CC2CC(O)(C4)C3)C[C@@H]2C[C@@H](O)CN12. The number of hydrogen-bond donors (Lipinski definition) is 2. The molecule has 4 saturated carbocycles. The molecule has 6 rings (SSSR count). The van der Waals surface area contributed by atoms with Crippen molar-refractivity contribution < 1.29 is 15.0 Å². The molecule has 6 fully saturated rings. The van der Waals surface area contributed by atoms with Crippen molar-refractivity contribution in [2.45, 2.75) is 62.3 Å². The van der Waals surface area contributed by atoms with E-state index in [4.69, 9.17) is 0 Å². The molecule has 4 bridgehead atoms. The fraction of sp³-hybridized carbons (Fsp3) is 0.938. The molecule has 0 aromatic carbocycles. The van der Waals surface area contributed by atoms with Gasteiger partial charge < -0.3 is 20.0 Å². The number of carbonyl (C=O) groups excluding carboxylic acids is 1. The Labute approximate surface area is 124 Å². The average Bonchev–Trinajstić information content (AvgIpc) is 2.86. The highest BCUT2D eigenvalue weighted by Gasteiger charge is 2.58. The molecular weight excluding hydrogens is 268 g/mol. The molecule has 2 amide bonds. The summed E-state index contributed by atoms with van der Waals surface area (Å²) in [5.41, 5.74) is -0.428. The molecule has 2 aliphatic heterocycles. The summed E-state index contributed by atoms with van der Waals surface area (Å²) in [6.07, 6.45) is 5.56. The van der Waals surface area contributed by atoms with Crippen molar-refractivity contribution in [1.82, 2.24) is 9.80 Å². The van der Waals surface area contributed by atoms with Crippen LogP contribution in [0.5, 0.6) is 0 Å². The Morgan fingerprint density at radius 3 is 2.33 bits per heavy atom. The van der Waals surface area contributed by atoms with Gasteiger partial charge in [-0.25, -0.2) is 4.79 Å². The molecule has 4 atom stereocenters. The van der Waals surface area contributed by atoms with Crippen molar-refractivity contribution in [1.29, 1.82) is 0 Å². The third kappa shape index (κ3) is 1.67. The van der Waals surface area contributed by atoms with E-state index < -0.39 is 5.60 Å². The van der Waals surface area contributed by atoms with Crippen molar-refractivity contribution in [2.75, 3.05) is 13.1 Å². The molecule has 0 spiro atoms. The number of aliphatic hydroxyl groups is 2. The smallest absolute Gasteiger partial charge is 0.320 e. The lowest BCUT2D eigenvalue weighted by molar-refractivity contribution is -0.152. The van der Waals surface area contributed by atoms with E-state index >= 15 is 0 Å². The number of rotatable bonds is 1. The van der Waals surface area contributed by atoms with E-state index in [1.807, 2.05) is 4.90 Å². The van der Waals surface area contributed by atoms with E-state index in [9.17, 15) is 15.0 Å². The molecule has 0 radical (unpaired) electrons. The molecule has 5 nitrogen and oxygen atoms in total. The zero-order chi connectivity index (χ0) is 14.4. The second kappa shape index (κ2) is 3.93. The molecule has 2 unspecified atom stereocenters. The first-order chi connectivity index (χ1) is 10.0. The van der Waals surface area contributed by atoms with Gasteiger partial charge in [0.1, 0.15) is 0 Å². The maximum Gasteiger partial charge on any atom is 0.320 e. The number of hydrogen-bond acceptors (Lipinski definition) is 3. The molecule has 0 aromatic rings. The van der Waals surface area contributed by atoms with Crippen molar-refractivity contribution >= 4 is 6.03 Å². The van der Waals surface area contributed by atoms with Gasteiger partial charge in [0, 0.05) is 19.1 Å². The zero-order valence-electron chi connectivity index (χ0n) is 12.3. The first-order valence-electron chi connectivity index (χ1n) is 8.50. The monoisotopic (exact) mass is 292 g/mol. The van der Waals surface area contributed by atoms with E-state index in [1.54, 1.807) is 0 Å². The minimum absolute atomic E-state index is 0.140. The Kier molecular flexibility index (Phi) is 2.38. The van der Waals surface area contributed by atoms with Crippen molar-refractivity contribution in [3.05, 3.63) is 0 Å². The number of carbonyl (C=O) groups is 1. The van der Waals surface area contributed by atoms with Crippen LogP contribution in [-0.4, -0.2) is 62.9 Å². The molecule has 6 aliphatic rings. The summed E-state index contributed by atoms with van der Waals surface area (Å²) in [4.78, 5) is 16.7. The van der Waals surface area contributed by atoms with Crippen LogP contribution < -0.4 is 0 Å². The number of nitrogens with zero attached hydrogens (tertiary/aromatic N) is 2. The van der Waals surface area contributed by atoms with E-state index in [-0.39, 0.29) is 18.2 Å². The maximum absolute atomic E-state index is 12.7. The summed E-state index contributed by atoms with van der Waals surface area (Å²) < 4.78 is 0. The first kappa shape index (κ1) is 12.7. The fourth-order valence-electron chi connectivity index (χ4n) is 6.48. The van der Waals surface area contributed by atoms with Crippen molar-refractivity contribution in [3.63, 3.8) is 0 Å². The number of urea groups is 1. The van der Waals surface area contributed by atoms with Gasteiger partial charge in [-0.2, -0.15) is 0 Å². The highest BCUT2D eigenvalue weighted by molar-refractivity contribution is 5.78.